The van der Waals surface area contributed by atoms with Gasteiger partial charge in [0, 0.05) is 31.9 Å². The molecule has 0 spiro atoms. The molecular formula is C19H32N4O2. The quantitative estimate of drug-likeness (QED) is 0.826. The molecule has 6 heteroatoms. The summed E-state index contributed by atoms with van der Waals surface area (Å²) in [5, 5.41) is 18.2. The summed E-state index contributed by atoms with van der Waals surface area (Å²) in [4.78, 5) is 16.9. The van der Waals surface area contributed by atoms with E-state index in [2.05, 4.69) is 10.2 Å². The van der Waals surface area contributed by atoms with Gasteiger partial charge in [-0.05, 0) is 51.6 Å². The summed E-state index contributed by atoms with van der Waals surface area (Å²) in [6.45, 7) is 4.57. The van der Waals surface area contributed by atoms with Gasteiger partial charge in [-0.1, -0.05) is 19.3 Å². The number of hydrogen-bond acceptors (Lipinski definition) is 4. The number of carbonyl (C=O) groups excluding carboxylic acids is 1. The number of aromatic nitrogens is 2. The van der Waals surface area contributed by atoms with E-state index in [0.29, 0.717) is 25.4 Å². The topological polar surface area (TPSA) is 72.5 Å². The number of aliphatic hydroxyl groups is 1. The van der Waals surface area contributed by atoms with Crippen molar-refractivity contribution in [1.29, 1.82) is 0 Å². The van der Waals surface area contributed by atoms with Crippen LogP contribution in [-0.4, -0.2) is 63.3 Å². The van der Waals surface area contributed by atoms with Crippen molar-refractivity contribution < 1.29 is 9.90 Å². The maximum absolute atomic E-state index is 12.9. The maximum Gasteiger partial charge on any atom is 0.255 e. The monoisotopic (exact) mass is 348 g/mol. The second kappa shape index (κ2) is 7.87. The predicted molar refractivity (Wildman–Crippen MR) is 97.0 cm³/mol. The van der Waals surface area contributed by atoms with Gasteiger partial charge in [0.15, 0.2) is 5.60 Å². The van der Waals surface area contributed by atoms with Gasteiger partial charge in [-0.15, -0.1) is 0 Å². The van der Waals surface area contributed by atoms with Gasteiger partial charge in [0.2, 0.25) is 0 Å². The molecule has 2 N–H and O–H groups in total. The Morgan fingerprint density at radius 3 is 2.80 bits per heavy atom. The van der Waals surface area contributed by atoms with Crippen molar-refractivity contribution in [1.82, 2.24) is 20.0 Å². The number of rotatable bonds is 6. The number of nitrogens with zero attached hydrogens (tertiary/aromatic N) is 3. The number of aromatic amines is 1. The number of H-pyrrole nitrogens is 1. The van der Waals surface area contributed by atoms with E-state index >= 15 is 0 Å². The first-order chi connectivity index (χ1) is 12.0. The number of amides is 1. The minimum absolute atomic E-state index is 0.0746. The summed E-state index contributed by atoms with van der Waals surface area (Å²) in [6.07, 6.45) is 7.76. The van der Waals surface area contributed by atoms with Gasteiger partial charge in [0.05, 0.1) is 5.69 Å². The van der Waals surface area contributed by atoms with Crippen molar-refractivity contribution in [2.24, 2.45) is 5.92 Å². The molecule has 0 radical (unpaired) electrons. The minimum Gasteiger partial charge on any atom is -0.379 e. The van der Waals surface area contributed by atoms with E-state index in [1.807, 2.05) is 29.8 Å². The molecule has 140 valence electrons. The van der Waals surface area contributed by atoms with Crippen LogP contribution in [0.25, 0.3) is 0 Å². The SMILES string of the molecule is Cc1cc(CN(C)C[C@@]2(O)CCCN(CC3CCCCC3)C2=O)n[nH]1. The highest BCUT2D eigenvalue weighted by atomic mass is 16.3. The number of carbonyl (C=O) groups is 1. The van der Waals surface area contributed by atoms with E-state index in [-0.39, 0.29) is 5.91 Å². The number of aryl methyl sites for hydroxylation is 1. The van der Waals surface area contributed by atoms with Gasteiger partial charge < -0.3 is 10.0 Å². The average molecular weight is 348 g/mol. The molecule has 2 aliphatic rings. The Hall–Kier alpha value is -1.40. The average Bonchev–Trinajstić information content (AvgIpc) is 2.97. The van der Waals surface area contributed by atoms with E-state index in [4.69, 9.17) is 0 Å². The lowest BCUT2D eigenvalue weighted by Crippen LogP contribution is -2.58. The predicted octanol–water partition coefficient (Wildman–Crippen LogP) is 2.08. The molecule has 6 nitrogen and oxygen atoms in total. The lowest BCUT2D eigenvalue weighted by Gasteiger charge is -2.41. The standard InChI is InChI=1S/C19H32N4O2/c1-15-11-17(21-20-15)13-22(2)14-19(25)9-6-10-23(18(19)24)12-16-7-4-3-5-8-16/h11,16,25H,3-10,12-14H2,1-2H3,(H,20,21)/t19-/m0/s1. The first-order valence-corrected chi connectivity index (χ1v) is 9.67. The van der Waals surface area contributed by atoms with Gasteiger partial charge >= 0.3 is 0 Å². The molecule has 0 aromatic carbocycles. The lowest BCUT2D eigenvalue weighted by atomic mass is 9.86. The highest BCUT2D eigenvalue weighted by Gasteiger charge is 2.43. The molecule has 0 unspecified atom stereocenters. The fraction of sp³-hybridized carbons (Fsp3) is 0.789. The number of piperidine rings is 1. The maximum atomic E-state index is 12.9. The van der Waals surface area contributed by atoms with Crippen LogP contribution in [-0.2, 0) is 11.3 Å². The van der Waals surface area contributed by atoms with E-state index < -0.39 is 5.60 Å². The van der Waals surface area contributed by atoms with Crippen molar-refractivity contribution in [3.05, 3.63) is 17.5 Å². The van der Waals surface area contributed by atoms with Crippen LogP contribution in [0.3, 0.4) is 0 Å². The Morgan fingerprint density at radius 1 is 1.36 bits per heavy atom. The third kappa shape index (κ3) is 4.61. The molecule has 25 heavy (non-hydrogen) atoms. The fourth-order valence-corrected chi connectivity index (χ4v) is 4.40. The van der Waals surface area contributed by atoms with Crippen molar-refractivity contribution in [3.63, 3.8) is 0 Å². The van der Waals surface area contributed by atoms with Gasteiger partial charge in [-0.3, -0.25) is 14.8 Å². The van der Waals surface area contributed by atoms with Crippen LogP contribution in [0.2, 0.25) is 0 Å². The molecule has 1 aromatic rings. The second-order valence-corrected chi connectivity index (χ2v) is 8.10. The first kappa shape index (κ1) is 18.4. The third-order valence-electron chi connectivity index (χ3n) is 5.63. The van der Waals surface area contributed by atoms with Crippen molar-refractivity contribution in [2.45, 2.75) is 64.0 Å². The molecule has 0 bridgehead atoms. The van der Waals surface area contributed by atoms with Crippen molar-refractivity contribution >= 4 is 5.91 Å². The molecule has 2 heterocycles. The van der Waals surface area contributed by atoms with E-state index in [0.717, 1.165) is 30.9 Å². The largest absolute Gasteiger partial charge is 0.379 e. The van der Waals surface area contributed by atoms with E-state index in [1.54, 1.807) is 0 Å². The van der Waals surface area contributed by atoms with Crippen molar-refractivity contribution in [2.75, 3.05) is 26.7 Å². The zero-order valence-electron chi connectivity index (χ0n) is 15.6. The molecule has 1 atom stereocenters. The molecule has 1 aliphatic heterocycles. The summed E-state index contributed by atoms with van der Waals surface area (Å²) in [5.41, 5.74) is 0.702. The van der Waals surface area contributed by atoms with Crippen LogP contribution in [0.1, 0.15) is 56.3 Å². The van der Waals surface area contributed by atoms with Crippen molar-refractivity contribution in [3.8, 4) is 0 Å². The van der Waals surface area contributed by atoms with Crippen LogP contribution in [0.15, 0.2) is 6.07 Å². The highest BCUT2D eigenvalue weighted by molar-refractivity contribution is 5.86. The van der Waals surface area contributed by atoms with E-state index in [1.165, 1.54) is 32.1 Å². The summed E-state index contributed by atoms with van der Waals surface area (Å²) >= 11 is 0. The number of nitrogens with one attached hydrogen (secondary N) is 1. The number of likely N-dealkylation sites (N-methyl/N-ethyl adjacent to an activating group) is 1. The third-order valence-corrected chi connectivity index (χ3v) is 5.63. The highest BCUT2D eigenvalue weighted by Crippen LogP contribution is 2.29. The molecular weight excluding hydrogens is 316 g/mol. The summed E-state index contributed by atoms with van der Waals surface area (Å²) in [6, 6.07) is 2.00. The van der Waals surface area contributed by atoms with Crippen LogP contribution in [0.5, 0.6) is 0 Å². The molecule has 1 amide bonds. The normalized spacial score (nSPS) is 25.8. The summed E-state index contributed by atoms with van der Waals surface area (Å²) in [5.74, 6) is 0.541. The summed E-state index contributed by atoms with van der Waals surface area (Å²) in [7, 11) is 1.94. The van der Waals surface area contributed by atoms with Crippen LogP contribution < -0.4 is 0 Å². The molecule has 1 saturated carbocycles. The molecule has 1 aliphatic carbocycles. The number of hydrogen-bond donors (Lipinski definition) is 2. The van der Waals surface area contributed by atoms with Gasteiger partial charge in [0.25, 0.3) is 5.91 Å². The molecule has 3 rings (SSSR count). The zero-order chi connectivity index (χ0) is 17.9. The zero-order valence-corrected chi connectivity index (χ0v) is 15.6. The Bertz CT molecular complexity index is 582. The Kier molecular flexibility index (Phi) is 5.79. The second-order valence-electron chi connectivity index (χ2n) is 8.10. The van der Waals surface area contributed by atoms with Crippen LogP contribution in [0, 0.1) is 12.8 Å². The van der Waals surface area contributed by atoms with E-state index in [9.17, 15) is 9.90 Å². The Morgan fingerprint density at radius 2 is 2.12 bits per heavy atom. The van der Waals surface area contributed by atoms with Crippen LogP contribution in [0.4, 0.5) is 0 Å². The van der Waals surface area contributed by atoms with Crippen LogP contribution >= 0.6 is 0 Å². The lowest BCUT2D eigenvalue weighted by molar-refractivity contribution is -0.160. The van der Waals surface area contributed by atoms with Gasteiger partial charge in [0.1, 0.15) is 0 Å². The molecule has 1 saturated heterocycles. The smallest absolute Gasteiger partial charge is 0.255 e. The summed E-state index contributed by atoms with van der Waals surface area (Å²) < 4.78 is 0. The Labute approximate surface area is 150 Å². The number of likely N-dealkylation sites (tertiary alicyclic amines) is 1. The van der Waals surface area contributed by atoms with Gasteiger partial charge in [-0.25, -0.2) is 0 Å². The fourth-order valence-electron chi connectivity index (χ4n) is 4.40. The van der Waals surface area contributed by atoms with Gasteiger partial charge in [-0.2, -0.15) is 5.10 Å². The first-order valence-electron chi connectivity index (χ1n) is 9.67. The molecule has 2 fully saturated rings. The molecule has 1 aromatic heterocycles. The Balaban J connectivity index is 1.57. The minimum atomic E-state index is -1.26.